The lowest BCUT2D eigenvalue weighted by atomic mass is 10.2. The molecule has 3 aromatic carbocycles. The largest absolute Gasteiger partial charge is 0.484 e. The molecule has 0 saturated carbocycles. The third-order valence-corrected chi connectivity index (χ3v) is 4.51. The molecule has 0 saturated heterocycles. The molecule has 0 spiro atoms. The van der Waals surface area contributed by atoms with Crippen molar-refractivity contribution in [2.24, 2.45) is 4.99 Å². The normalized spacial score (nSPS) is 10.8. The number of carbonyl (C=O) groups is 1. The van der Waals surface area contributed by atoms with Crippen molar-refractivity contribution in [2.75, 3.05) is 11.9 Å². The van der Waals surface area contributed by atoms with E-state index in [1.807, 2.05) is 68.4 Å². The first-order valence-corrected chi connectivity index (χ1v) is 9.27. The van der Waals surface area contributed by atoms with Gasteiger partial charge in [0.2, 0.25) is 0 Å². The lowest BCUT2D eigenvalue weighted by Crippen LogP contribution is -2.20. The van der Waals surface area contributed by atoms with E-state index in [-0.39, 0.29) is 12.5 Å². The molecule has 1 amide bonds. The number of amides is 1. The Morgan fingerprint density at radius 1 is 1.04 bits per heavy atom. The van der Waals surface area contributed by atoms with Crippen molar-refractivity contribution in [1.82, 2.24) is 0 Å². The third kappa shape index (κ3) is 5.69. The first-order chi connectivity index (χ1) is 13.5. The maximum atomic E-state index is 12.0. The number of nitrogens with one attached hydrogen (secondary N) is 1. The summed E-state index contributed by atoms with van der Waals surface area (Å²) >= 11 is 6.06. The SMILES string of the molecule is Cc1ccc(N=Cc2ccc(OCC(=O)Nc3ccc(C)c(Cl)c3)cc2)cc1. The molecule has 0 aromatic heterocycles. The van der Waals surface area contributed by atoms with Gasteiger partial charge in [-0.2, -0.15) is 0 Å². The number of aliphatic imine (C=N–C) groups is 1. The number of nitrogens with zero attached hydrogens (tertiary/aromatic N) is 1. The summed E-state index contributed by atoms with van der Waals surface area (Å²) in [7, 11) is 0. The molecule has 0 fully saturated rings. The van der Waals surface area contributed by atoms with Crippen LogP contribution >= 0.6 is 11.6 Å². The van der Waals surface area contributed by atoms with Gasteiger partial charge in [-0.1, -0.05) is 35.4 Å². The predicted octanol–water partition coefficient (Wildman–Crippen LogP) is 5.72. The molecule has 0 aliphatic carbocycles. The van der Waals surface area contributed by atoms with Crippen LogP contribution in [0.1, 0.15) is 16.7 Å². The standard InChI is InChI=1S/C23H21ClN2O2/c1-16-3-8-19(9-4-16)25-14-18-6-11-21(12-7-18)28-15-23(27)26-20-10-5-17(2)22(24)13-20/h3-14H,15H2,1-2H3,(H,26,27). The molecule has 1 N–H and O–H groups in total. The number of anilines is 1. The van der Waals surface area contributed by atoms with Gasteiger partial charge in [0.25, 0.3) is 5.91 Å². The van der Waals surface area contributed by atoms with Gasteiger partial charge in [0.05, 0.1) is 5.69 Å². The van der Waals surface area contributed by atoms with E-state index in [9.17, 15) is 4.79 Å². The van der Waals surface area contributed by atoms with Crippen LogP contribution in [0, 0.1) is 13.8 Å². The number of aryl methyl sites for hydroxylation is 2. The van der Waals surface area contributed by atoms with Crippen LogP contribution in [-0.2, 0) is 4.79 Å². The summed E-state index contributed by atoms with van der Waals surface area (Å²) in [6.07, 6.45) is 1.79. The van der Waals surface area contributed by atoms with Gasteiger partial charge in [0.15, 0.2) is 6.61 Å². The van der Waals surface area contributed by atoms with Crippen molar-refractivity contribution in [1.29, 1.82) is 0 Å². The van der Waals surface area contributed by atoms with E-state index in [4.69, 9.17) is 16.3 Å². The van der Waals surface area contributed by atoms with E-state index in [2.05, 4.69) is 10.3 Å². The predicted molar refractivity (Wildman–Crippen MR) is 115 cm³/mol. The second-order valence-corrected chi connectivity index (χ2v) is 6.87. The van der Waals surface area contributed by atoms with Crippen LogP contribution in [0.5, 0.6) is 5.75 Å². The Balaban J connectivity index is 1.51. The zero-order chi connectivity index (χ0) is 19.9. The molecule has 0 aliphatic rings. The average Bonchev–Trinajstić information content (AvgIpc) is 2.69. The maximum Gasteiger partial charge on any atom is 0.262 e. The second-order valence-electron chi connectivity index (χ2n) is 6.46. The summed E-state index contributed by atoms with van der Waals surface area (Å²) in [5, 5.41) is 3.38. The smallest absolute Gasteiger partial charge is 0.262 e. The van der Waals surface area contributed by atoms with Gasteiger partial charge in [-0.25, -0.2) is 0 Å². The van der Waals surface area contributed by atoms with Crippen LogP contribution in [0.3, 0.4) is 0 Å². The molecule has 0 atom stereocenters. The molecular formula is C23H21ClN2O2. The van der Waals surface area contributed by atoms with Crippen molar-refractivity contribution in [2.45, 2.75) is 13.8 Å². The summed E-state index contributed by atoms with van der Waals surface area (Å²) < 4.78 is 5.54. The number of hydrogen-bond acceptors (Lipinski definition) is 3. The zero-order valence-electron chi connectivity index (χ0n) is 15.8. The molecule has 5 heteroatoms. The summed E-state index contributed by atoms with van der Waals surface area (Å²) in [6, 6.07) is 20.8. The van der Waals surface area contributed by atoms with Gasteiger partial charge >= 0.3 is 0 Å². The Bertz CT molecular complexity index is 980. The van der Waals surface area contributed by atoms with Gasteiger partial charge in [-0.15, -0.1) is 0 Å². The topological polar surface area (TPSA) is 50.7 Å². The van der Waals surface area contributed by atoms with E-state index in [0.717, 1.165) is 16.8 Å². The van der Waals surface area contributed by atoms with Crippen molar-refractivity contribution in [3.05, 3.63) is 88.4 Å². The van der Waals surface area contributed by atoms with Gasteiger partial charge in [0, 0.05) is 16.9 Å². The molecule has 0 unspecified atom stereocenters. The molecular weight excluding hydrogens is 372 g/mol. The molecule has 0 radical (unpaired) electrons. The maximum absolute atomic E-state index is 12.0. The summed E-state index contributed by atoms with van der Waals surface area (Å²) in [6.45, 7) is 3.87. The van der Waals surface area contributed by atoms with Gasteiger partial charge in [0.1, 0.15) is 5.75 Å². The van der Waals surface area contributed by atoms with E-state index < -0.39 is 0 Å². The Labute approximate surface area is 169 Å². The van der Waals surface area contributed by atoms with Gasteiger partial charge in [-0.3, -0.25) is 9.79 Å². The van der Waals surface area contributed by atoms with Crippen LogP contribution in [0.2, 0.25) is 5.02 Å². The third-order valence-electron chi connectivity index (χ3n) is 4.10. The van der Waals surface area contributed by atoms with Crippen LogP contribution in [0.25, 0.3) is 0 Å². The number of carbonyl (C=O) groups excluding carboxylic acids is 1. The molecule has 4 nitrogen and oxygen atoms in total. The van der Waals surface area contributed by atoms with E-state index in [1.165, 1.54) is 5.56 Å². The monoisotopic (exact) mass is 392 g/mol. The van der Waals surface area contributed by atoms with Crippen molar-refractivity contribution < 1.29 is 9.53 Å². The minimum atomic E-state index is -0.245. The molecule has 3 rings (SSSR count). The van der Waals surface area contributed by atoms with Gasteiger partial charge in [-0.05, 0) is 73.5 Å². The summed E-state index contributed by atoms with van der Waals surface area (Å²) in [5.74, 6) is 0.370. The highest BCUT2D eigenvalue weighted by molar-refractivity contribution is 6.31. The quantitative estimate of drug-likeness (QED) is 0.545. The Morgan fingerprint density at radius 2 is 1.75 bits per heavy atom. The summed E-state index contributed by atoms with van der Waals surface area (Å²) in [4.78, 5) is 16.5. The van der Waals surface area contributed by atoms with Crippen LogP contribution in [-0.4, -0.2) is 18.7 Å². The lowest BCUT2D eigenvalue weighted by molar-refractivity contribution is -0.118. The lowest BCUT2D eigenvalue weighted by Gasteiger charge is -2.08. The number of ether oxygens (including phenoxy) is 1. The number of rotatable bonds is 6. The van der Waals surface area contributed by atoms with Crippen LogP contribution in [0.4, 0.5) is 11.4 Å². The highest BCUT2D eigenvalue weighted by Crippen LogP contribution is 2.20. The highest BCUT2D eigenvalue weighted by atomic mass is 35.5. The molecule has 3 aromatic rings. The second kappa shape index (κ2) is 9.20. The van der Waals surface area contributed by atoms with E-state index >= 15 is 0 Å². The van der Waals surface area contributed by atoms with E-state index in [0.29, 0.717) is 16.5 Å². The Kier molecular flexibility index (Phi) is 6.45. The fourth-order valence-corrected chi connectivity index (χ4v) is 2.63. The molecule has 142 valence electrons. The first-order valence-electron chi connectivity index (χ1n) is 8.89. The number of halogens is 1. The fourth-order valence-electron chi connectivity index (χ4n) is 2.45. The van der Waals surface area contributed by atoms with Gasteiger partial charge < -0.3 is 10.1 Å². The molecule has 28 heavy (non-hydrogen) atoms. The average molecular weight is 393 g/mol. The van der Waals surface area contributed by atoms with Crippen molar-refractivity contribution in [3.8, 4) is 5.75 Å². The number of benzene rings is 3. The highest BCUT2D eigenvalue weighted by Gasteiger charge is 2.05. The van der Waals surface area contributed by atoms with Crippen LogP contribution < -0.4 is 10.1 Å². The fraction of sp³-hybridized carbons (Fsp3) is 0.130. The van der Waals surface area contributed by atoms with Crippen molar-refractivity contribution >= 4 is 35.1 Å². The first kappa shape index (κ1) is 19.6. The van der Waals surface area contributed by atoms with Crippen LogP contribution in [0.15, 0.2) is 71.7 Å². The van der Waals surface area contributed by atoms with E-state index in [1.54, 1.807) is 18.3 Å². The molecule has 0 heterocycles. The Hall–Kier alpha value is -3.11. The molecule has 0 aliphatic heterocycles. The van der Waals surface area contributed by atoms with Crippen molar-refractivity contribution in [3.63, 3.8) is 0 Å². The minimum absolute atomic E-state index is 0.0811. The number of hydrogen-bond donors (Lipinski definition) is 1. The minimum Gasteiger partial charge on any atom is -0.484 e. The Morgan fingerprint density at radius 3 is 2.43 bits per heavy atom. The zero-order valence-corrected chi connectivity index (χ0v) is 16.5. The summed E-state index contributed by atoms with van der Waals surface area (Å²) in [5.41, 5.74) is 4.66. The molecule has 0 bridgehead atoms.